The molecule has 3 saturated carbocycles. The SMILES string of the molecule is COc1cc2c(cc1O)C1=C[C@H]3C[C@@]4(C[C@@H](NC[C@H](C)O)C[C@H]4C=O)[C@H]4C[C@H](O)CC[C@@H]4[C@H]3[C@@H]2CC(=O)C[C@@H](CCc2ccc(O)c(OCCO)c2)OC(=O)CC#CCc2c1[nH]c1ccccc21. The van der Waals surface area contributed by atoms with Crippen molar-refractivity contribution >= 4 is 34.5 Å². The number of Topliss-reactive ketones (excluding diaryl/α,β-unsaturated/α-hetero) is 1. The molecule has 3 aromatic carbocycles. The number of allylic oxidation sites excluding steroid dienone is 1. The maximum atomic E-state index is 15.1. The molecule has 360 valence electrons. The van der Waals surface area contributed by atoms with Crippen LogP contribution in [0.3, 0.4) is 0 Å². The molecule has 0 saturated heterocycles. The van der Waals surface area contributed by atoms with Crippen LogP contribution in [0.4, 0.5) is 0 Å². The number of carbonyl (C=O) groups excluding carboxylic acids is 3. The van der Waals surface area contributed by atoms with Crippen LogP contribution in [0.2, 0.25) is 0 Å². The minimum atomic E-state index is -0.797. The zero-order valence-corrected chi connectivity index (χ0v) is 38.9. The number of nitrogens with one attached hydrogen (secondary N) is 2. The number of rotatable bonds is 11. The molecule has 2 heterocycles. The number of aromatic nitrogens is 1. The molecule has 4 aromatic rings. The van der Waals surface area contributed by atoms with E-state index in [9.17, 15) is 35.1 Å². The first-order chi connectivity index (χ1) is 32.9. The Morgan fingerprint density at radius 3 is 2.62 bits per heavy atom. The number of aldehydes is 1. The van der Waals surface area contributed by atoms with Crippen LogP contribution in [0, 0.1) is 46.8 Å². The van der Waals surface area contributed by atoms with E-state index in [2.05, 4.69) is 34.3 Å². The van der Waals surface area contributed by atoms with E-state index >= 15 is 4.79 Å². The fraction of sp³-hybridized carbons (Fsp3) is 0.509. The quantitative estimate of drug-likeness (QED) is 0.0478. The van der Waals surface area contributed by atoms with E-state index in [0.29, 0.717) is 64.3 Å². The zero-order chi connectivity index (χ0) is 47.7. The predicted molar refractivity (Wildman–Crippen MR) is 255 cm³/mol. The van der Waals surface area contributed by atoms with E-state index in [1.807, 2.05) is 24.3 Å². The number of benzene rings is 3. The first kappa shape index (κ1) is 47.4. The number of aryl methyl sites for hydroxylation is 1. The largest absolute Gasteiger partial charge is 0.504 e. The van der Waals surface area contributed by atoms with Crippen molar-refractivity contribution in [2.75, 3.05) is 26.9 Å². The molecule has 1 aliphatic heterocycles. The Morgan fingerprint density at radius 2 is 1.82 bits per heavy atom. The van der Waals surface area contributed by atoms with Crippen molar-refractivity contribution in [1.29, 1.82) is 0 Å². The van der Waals surface area contributed by atoms with Gasteiger partial charge in [0.1, 0.15) is 31.2 Å². The maximum absolute atomic E-state index is 15.1. The van der Waals surface area contributed by atoms with Crippen molar-refractivity contribution in [3.8, 4) is 34.8 Å². The average Bonchev–Trinajstić information content (AvgIpc) is 3.84. The Bertz CT molecular complexity index is 2620. The molecule has 4 aliphatic carbocycles. The number of carbonyl (C=O) groups is 3. The third-order valence-electron chi connectivity index (χ3n) is 15.9. The number of aromatic hydroxyl groups is 2. The number of esters is 1. The van der Waals surface area contributed by atoms with Gasteiger partial charge in [0.05, 0.1) is 31.6 Å². The minimum Gasteiger partial charge on any atom is -0.504 e. The van der Waals surface area contributed by atoms with Crippen molar-refractivity contribution in [1.82, 2.24) is 10.3 Å². The van der Waals surface area contributed by atoms with E-state index in [0.717, 1.165) is 50.7 Å². The lowest BCUT2D eigenvalue weighted by Gasteiger charge is -2.58. The topological polar surface area (TPSA) is 208 Å². The molecule has 9 rings (SSSR count). The Hall–Kier alpha value is -5.65. The molecular formula is C55H64N2O11. The van der Waals surface area contributed by atoms with Crippen LogP contribution in [-0.2, 0) is 32.0 Å². The van der Waals surface area contributed by atoms with Crippen LogP contribution in [0.25, 0.3) is 16.5 Å². The van der Waals surface area contributed by atoms with Crippen LogP contribution < -0.4 is 14.8 Å². The van der Waals surface area contributed by atoms with Gasteiger partial charge in [0.2, 0.25) is 0 Å². The summed E-state index contributed by atoms with van der Waals surface area (Å²) < 4.78 is 17.5. The first-order valence-electron chi connectivity index (χ1n) is 24.4. The Labute approximate surface area is 397 Å². The van der Waals surface area contributed by atoms with Gasteiger partial charge in [-0.15, -0.1) is 0 Å². The molecule has 7 N–H and O–H groups in total. The summed E-state index contributed by atoms with van der Waals surface area (Å²) in [7, 11) is 1.52. The molecule has 0 unspecified atom stereocenters. The van der Waals surface area contributed by atoms with Gasteiger partial charge in [-0.25, -0.2) is 0 Å². The maximum Gasteiger partial charge on any atom is 0.318 e. The number of aliphatic hydroxyl groups is 3. The molecule has 0 amide bonds. The number of fused-ring (bicyclic) bond motifs is 9. The van der Waals surface area contributed by atoms with Gasteiger partial charge in [0.15, 0.2) is 23.0 Å². The highest BCUT2D eigenvalue weighted by Gasteiger charge is 2.62. The molecule has 68 heavy (non-hydrogen) atoms. The highest BCUT2D eigenvalue weighted by Crippen LogP contribution is 2.67. The number of ether oxygens (including phenoxy) is 3. The first-order valence-corrected chi connectivity index (χ1v) is 24.4. The second kappa shape index (κ2) is 20.1. The van der Waals surface area contributed by atoms with Crippen LogP contribution >= 0.6 is 0 Å². The van der Waals surface area contributed by atoms with Crippen molar-refractivity contribution < 1.29 is 54.1 Å². The van der Waals surface area contributed by atoms with Crippen molar-refractivity contribution in [3.05, 3.63) is 88.6 Å². The number of aromatic amines is 1. The molecule has 11 atom stereocenters. The summed E-state index contributed by atoms with van der Waals surface area (Å²) in [6, 6.07) is 16.6. The van der Waals surface area contributed by atoms with Gasteiger partial charge in [0, 0.05) is 54.2 Å². The fourth-order valence-electron chi connectivity index (χ4n) is 13.2. The molecule has 3 fully saturated rings. The number of hydrogen-bond donors (Lipinski definition) is 7. The molecule has 13 nitrogen and oxygen atoms in total. The number of H-pyrrole nitrogens is 1. The summed E-state index contributed by atoms with van der Waals surface area (Å²) in [6.07, 6.45) is 6.26. The Balaban J connectivity index is 1.20. The third-order valence-corrected chi connectivity index (χ3v) is 15.9. The van der Waals surface area contributed by atoms with Crippen LogP contribution in [0.5, 0.6) is 23.0 Å². The summed E-state index contributed by atoms with van der Waals surface area (Å²) in [5.74, 6) is 5.11. The fourth-order valence-corrected chi connectivity index (χ4v) is 13.2. The monoisotopic (exact) mass is 928 g/mol. The van der Waals surface area contributed by atoms with Gasteiger partial charge < -0.3 is 54.8 Å². The van der Waals surface area contributed by atoms with Gasteiger partial charge >= 0.3 is 5.97 Å². The molecule has 0 radical (unpaired) electrons. The second-order valence-corrected chi connectivity index (χ2v) is 20.1. The third kappa shape index (κ3) is 9.40. The highest BCUT2D eigenvalue weighted by molar-refractivity contribution is 5.94. The molecule has 2 bridgehead atoms. The number of phenolic OH excluding ortho intramolecular Hbond substituents is 2. The van der Waals surface area contributed by atoms with Gasteiger partial charge in [-0.2, -0.15) is 0 Å². The summed E-state index contributed by atoms with van der Waals surface area (Å²) in [5.41, 5.74) is 5.48. The van der Waals surface area contributed by atoms with E-state index in [1.54, 1.807) is 25.1 Å². The molecular weight excluding hydrogens is 865 g/mol. The number of para-hydroxylation sites is 1. The summed E-state index contributed by atoms with van der Waals surface area (Å²) in [4.78, 5) is 45.8. The van der Waals surface area contributed by atoms with Crippen LogP contribution in [0.15, 0.2) is 60.7 Å². The highest BCUT2D eigenvalue weighted by atomic mass is 16.5. The average molecular weight is 929 g/mol. The molecule has 1 aromatic heterocycles. The van der Waals surface area contributed by atoms with Crippen LogP contribution in [-0.4, -0.2) is 99.8 Å². The minimum absolute atomic E-state index is 0.00434. The predicted octanol–water partition coefficient (Wildman–Crippen LogP) is 6.68. The van der Waals surface area contributed by atoms with Crippen molar-refractivity contribution in [3.63, 3.8) is 0 Å². The second-order valence-electron chi connectivity index (χ2n) is 20.1. The van der Waals surface area contributed by atoms with Crippen LogP contribution in [0.1, 0.15) is 105 Å². The van der Waals surface area contributed by atoms with E-state index < -0.39 is 35.6 Å². The van der Waals surface area contributed by atoms with E-state index in [4.69, 9.17) is 14.2 Å². The Morgan fingerprint density at radius 1 is 1.00 bits per heavy atom. The number of phenols is 2. The van der Waals surface area contributed by atoms with Gasteiger partial charge in [-0.1, -0.05) is 42.2 Å². The van der Waals surface area contributed by atoms with Gasteiger partial charge in [0.25, 0.3) is 0 Å². The number of cyclic esters (lactones) is 1. The summed E-state index contributed by atoms with van der Waals surface area (Å²) in [6.45, 7) is 1.94. The smallest absolute Gasteiger partial charge is 0.318 e. The van der Waals surface area contributed by atoms with Crippen molar-refractivity contribution in [2.24, 2.45) is 35.0 Å². The molecule has 1 spiro atoms. The number of hydrogen-bond acceptors (Lipinski definition) is 12. The number of ketones is 1. The van der Waals surface area contributed by atoms with Gasteiger partial charge in [-0.3, -0.25) is 9.59 Å². The zero-order valence-electron chi connectivity index (χ0n) is 38.9. The number of methoxy groups -OCH3 is 1. The van der Waals surface area contributed by atoms with Gasteiger partial charge in [-0.05, 0) is 146 Å². The summed E-state index contributed by atoms with van der Waals surface area (Å²) in [5, 5.41) is 57.7. The van der Waals surface area contributed by atoms with E-state index in [1.165, 1.54) is 13.2 Å². The molecule has 5 aliphatic rings. The van der Waals surface area contributed by atoms with Crippen molar-refractivity contribution in [2.45, 2.75) is 114 Å². The normalized spacial score (nSPS) is 29.6. The molecule has 13 heteroatoms. The summed E-state index contributed by atoms with van der Waals surface area (Å²) >= 11 is 0. The lowest BCUT2D eigenvalue weighted by Crippen LogP contribution is -2.53. The lowest BCUT2D eigenvalue weighted by molar-refractivity contribution is -0.149. The Kier molecular flexibility index (Phi) is 14.0. The lowest BCUT2D eigenvalue weighted by atomic mass is 9.46. The number of aliphatic hydroxyl groups excluding tert-OH is 3. The standard InChI is InChI=1S/C55H64N2O11/c1-31(60)29-56-35-21-34(30-59)55(28-35)27-33-20-45-42-25-49(64)50(66-2)26-43(42)44(53(33)41-15-13-36(61)24-46(41)55)23-37(62)22-38(14-11-32-12-16-48(63)51(19-32)67-18-17-58)68-52(65)10-6-4-8-40-39-7-3-5-9-47(39)57-54(40)45/h3,5,7,9,12,16,19-20,25-26,30-31,33-36,38,41,44,46,53,56-58,60-61,63-64H,8,10-11,13-15,17-18,21-24,27-29H2,1-2H3/t31-,33-,34-,35-,36+,38+,41-,44+,46-,53-,55-/m0/s1. The van der Waals surface area contributed by atoms with E-state index in [-0.39, 0.29) is 96.9 Å².